The first kappa shape index (κ1) is 12.4. The van der Waals surface area contributed by atoms with E-state index in [-0.39, 0.29) is 11.8 Å². The van der Waals surface area contributed by atoms with Gasteiger partial charge in [0.15, 0.2) is 0 Å². The monoisotopic (exact) mass is 255 g/mol. The number of nitrogens with one attached hydrogen (secondary N) is 1. The summed E-state index contributed by atoms with van der Waals surface area (Å²) in [4.78, 5) is 0. The number of hydrogen-bond donors (Lipinski definition) is 2. The fraction of sp³-hybridized carbons (Fsp3) is 0.500. The highest BCUT2D eigenvalue weighted by atomic mass is 32.2. The highest BCUT2D eigenvalue weighted by molar-refractivity contribution is 7.84. The van der Waals surface area contributed by atoms with Crippen molar-refractivity contribution in [2.45, 2.75) is 13.0 Å². The Morgan fingerprint density at radius 2 is 2.41 bits per heavy atom. The summed E-state index contributed by atoms with van der Waals surface area (Å²) in [7, 11) is -0.732. The smallest absolute Gasteiger partial charge is 0.127 e. The molecule has 0 bridgehead atoms. The lowest BCUT2D eigenvalue weighted by atomic mass is 10.1. The molecule has 1 aromatic carbocycles. The number of ether oxygens (including phenoxy) is 1. The summed E-state index contributed by atoms with van der Waals surface area (Å²) in [6.07, 6.45) is 0. The summed E-state index contributed by atoms with van der Waals surface area (Å²) in [5.74, 6) is 2.32. The second kappa shape index (κ2) is 5.51. The third-order valence-corrected chi connectivity index (χ3v) is 4.12. The van der Waals surface area contributed by atoms with Crippen LogP contribution in [0.1, 0.15) is 18.5 Å². The number of rotatable bonds is 5. The molecule has 2 rings (SSSR count). The molecule has 1 heterocycles. The van der Waals surface area contributed by atoms with Gasteiger partial charge in [-0.1, -0.05) is 6.92 Å². The molecule has 0 saturated carbocycles. The molecular weight excluding hydrogens is 238 g/mol. The first-order valence-electron chi connectivity index (χ1n) is 5.74. The maximum Gasteiger partial charge on any atom is 0.127 e. The number of benzene rings is 1. The van der Waals surface area contributed by atoms with E-state index in [2.05, 4.69) is 5.32 Å². The normalized spacial score (nSPS) is 19.7. The van der Waals surface area contributed by atoms with Gasteiger partial charge in [-0.15, -0.1) is 0 Å². The number of aromatic hydroxyl groups is 1. The molecule has 1 aliphatic heterocycles. The molecule has 2 atom stereocenters. The first-order chi connectivity index (χ1) is 8.20. The van der Waals surface area contributed by atoms with Crippen LogP contribution in [0.2, 0.25) is 0 Å². The van der Waals surface area contributed by atoms with E-state index in [0.717, 1.165) is 17.9 Å². The third-order valence-electron chi connectivity index (χ3n) is 2.82. The van der Waals surface area contributed by atoms with Crippen LogP contribution in [-0.4, -0.2) is 34.0 Å². The molecule has 2 N–H and O–H groups in total. The third kappa shape index (κ3) is 2.98. The van der Waals surface area contributed by atoms with Gasteiger partial charge in [0, 0.05) is 40.5 Å². The van der Waals surface area contributed by atoms with E-state index >= 15 is 0 Å². The molecule has 2 unspecified atom stereocenters. The molecule has 1 aliphatic rings. The van der Waals surface area contributed by atoms with E-state index in [4.69, 9.17) is 4.74 Å². The maximum absolute atomic E-state index is 11.3. The van der Waals surface area contributed by atoms with Gasteiger partial charge in [-0.25, -0.2) is 0 Å². The van der Waals surface area contributed by atoms with E-state index in [1.165, 1.54) is 0 Å². The maximum atomic E-state index is 11.3. The van der Waals surface area contributed by atoms with Gasteiger partial charge in [0.2, 0.25) is 0 Å². The van der Waals surface area contributed by atoms with Crippen LogP contribution in [0.25, 0.3) is 0 Å². The van der Waals surface area contributed by atoms with Gasteiger partial charge in [-0.3, -0.25) is 4.21 Å². The van der Waals surface area contributed by atoms with Crippen molar-refractivity contribution in [3.05, 3.63) is 23.8 Å². The average molecular weight is 255 g/mol. The molecule has 5 heteroatoms. The van der Waals surface area contributed by atoms with Crippen LogP contribution in [0, 0.1) is 0 Å². The summed E-state index contributed by atoms with van der Waals surface area (Å²) in [6, 6.07) is 5.29. The van der Waals surface area contributed by atoms with Crippen LogP contribution in [0.15, 0.2) is 18.2 Å². The van der Waals surface area contributed by atoms with Gasteiger partial charge in [0.1, 0.15) is 18.1 Å². The molecule has 94 valence electrons. The van der Waals surface area contributed by atoms with Crippen LogP contribution in [-0.2, 0) is 10.8 Å². The Hall–Kier alpha value is -1.07. The standard InChI is InChI=1S/C12H17NO3S/c1-2-17(15)6-5-13-11-8-16-12-7-9(14)3-4-10(11)12/h3-4,7,11,13-14H,2,5-6,8H2,1H3. The summed E-state index contributed by atoms with van der Waals surface area (Å²) >= 11 is 0. The van der Waals surface area contributed by atoms with Crippen LogP contribution in [0.3, 0.4) is 0 Å². The molecule has 0 aromatic heterocycles. The van der Waals surface area contributed by atoms with Crippen molar-refractivity contribution in [3.8, 4) is 11.5 Å². The Labute approximate surface area is 103 Å². The number of hydrogen-bond acceptors (Lipinski definition) is 4. The molecule has 17 heavy (non-hydrogen) atoms. The molecular formula is C12H17NO3S. The van der Waals surface area contributed by atoms with Crippen molar-refractivity contribution in [3.63, 3.8) is 0 Å². The summed E-state index contributed by atoms with van der Waals surface area (Å²) in [5, 5.41) is 12.6. The fourth-order valence-electron chi connectivity index (χ4n) is 1.86. The Balaban J connectivity index is 1.91. The van der Waals surface area contributed by atoms with Gasteiger partial charge in [0.05, 0.1) is 6.04 Å². The summed E-state index contributed by atoms with van der Waals surface area (Å²) in [5.41, 5.74) is 1.06. The minimum atomic E-state index is -0.732. The van der Waals surface area contributed by atoms with Crippen molar-refractivity contribution in [2.24, 2.45) is 0 Å². The van der Waals surface area contributed by atoms with Crippen molar-refractivity contribution in [1.82, 2.24) is 5.32 Å². The molecule has 1 aromatic rings. The molecule has 0 aliphatic carbocycles. The molecule has 0 fully saturated rings. The van der Waals surface area contributed by atoms with Gasteiger partial charge in [0.25, 0.3) is 0 Å². The SMILES string of the molecule is CCS(=O)CCNC1COc2cc(O)ccc21. The highest BCUT2D eigenvalue weighted by Gasteiger charge is 2.23. The molecule has 0 amide bonds. The van der Waals surface area contributed by atoms with Crippen molar-refractivity contribution in [2.75, 3.05) is 24.7 Å². The van der Waals surface area contributed by atoms with Crippen molar-refractivity contribution >= 4 is 10.8 Å². The van der Waals surface area contributed by atoms with E-state index in [1.54, 1.807) is 12.1 Å². The van der Waals surface area contributed by atoms with Crippen molar-refractivity contribution in [1.29, 1.82) is 0 Å². The van der Waals surface area contributed by atoms with Gasteiger partial charge in [-0.2, -0.15) is 0 Å². The van der Waals surface area contributed by atoms with Crippen LogP contribution >= 0.6 is 0 Å². The van der Waals surface area contributed by atoms with Gasteiger partial charge >= 0.3 is 0 Å². The van der Waals surface area contributed by atoms with E-state index in [1.807, 2.05) is 13.0 Å². The zero-order valence-electron chi connectivity index (χ0n) is 9.81. The predicted molar refractivity (Wildman–Crippen MR) is 67.9 cm³/mol. The lowest BCUT2D eigenvalue weighted by molar-refractivity contribution is 0.312. The minimum absolute atomic E-state index is 0.138. The quantitative estimate of drug-likeness (QED) is 0.829. The lowest BCUT2D eigenvalue weighted by Gasteiger charge is -2.10. The largest absolute Gasteiger partial charge is 0.508 e. The Kier molecular flexibility index (Phi) is 4.02. The first-order valence-corrected chi connectivity index (χ1v) is 7.23. The van der Waals surface area contributed by atoms with Crippen LogP contribution in [0.4, 0.5) is 0 Å². The van der Waals surface area contributed by atoms with Crippen LogP contribution < -0.4 is 10.1 Å². The summed E-state index contributed by atoms with van der Waals surface area (Å²) in [6.45, 7) is 3.21. The molecule has 0 radical (unpaired) electrons. The zero-order valence-corrected chi connectivity index (χ0v) is 10.6. The summed E-state index contributed by atoms with van der Waals surface area (Å²) < 4.78 is 16.8. The predicted octanol–water partition coefficient (Wildman–Crippen LogP) is 1.18. The van der Waals surface area contributed by atoms with Gasteiger partial charge < -0.3 is 15.2 Å². The van der Waals surface area contributed by atoms with Gasteiger partial charge in [-0.05, 0) is 12.1 Å². The number of phenolic OH excluding ortho intramolecular Hbond substituents is 1. The highest BCUT2D eigenvalue weighted by Crippen LogP contribution is 2.34. The van der Waals surface area contributed by atoms with E-state index in [9.17, 15) is 9.32 Å². The zero-order chi connectivity index (χ0) is 12.3. The second-order valence-electron chi connectivity index (χ2n) is 3.97. The Morgan fingerprint density at radius 1 is 1.59 bits per heavy atom. The number of fused-ring (bicyclic) bond motifs is 1. The fourth-order valence-corrected chi connectivity index (χ4v) is 2.49. The molecule has 0 spiro atoms. The lowest BCUT2D eigenvalue weighted by Crippen LogP contribution is -2.27. The number of phenols is 1. The molecule has 0 saturated heterocycles. The average Bonchev–Trinajstić information content (AvgIpc) is 2.71. The minimum Gasteiger partial charge on any atom is -0.508 e. The molecule has 4 nitrogen and oxygen atoms in total. The van der Waals surface area contributed by atoms with E-state index in [0.29, 0.717) is 18.1 Å². The Bertz CT molecular complexity index is 422. The Morgan fingerprint density at radius 3 is 3.18 bits per heavy atom. The van der Waals surface area contributed by atoms with Crippen LogP contribution in [0.5, 0.6) is 11.5 Å². The topological polar surface area (TPSA) is 58.6 Å². The second-order valence-corrected chi connectivity index (χ2v) is 5.84. The van der Waals surface area contributed by atoms with Crippen molar-refractivity contribution < 1.29 is 14.1 Å². The van der Waals surface area contributed by atoms with E-state index < -0.39 is 10.8 Å².